The summed E-state index contributed by atoms with van der Waals surface area (Å²) in [4.78, 5) is 12.8. The molecule has 2 aliphatic heterocycles. The van der Waals surface area contributed by atoms with Crippen LogP contribution in [0.15, 0.2) is 53.1 Å². The number of hydrazone groups is 1. The summed E-state index contributed by atoms with van der Waals surface area (Å²) in [6, 6.07) is 9.09. The molecule has 5 rings (SSSR count). The minimum absolute atomic E-state index is 0.113. The zero-order valence-corrected chi connectivity index (χ0v) is 25.0. The second-order valence-electron chi connectivity index (χ2n) is 11.1. The third-order valence-corrected chi connectivity index (χ3v) is 8.32. The average molecular weight is 652 g/mol. The predicted molar refractivity (Wildman–Crippen MR) is 158 cm³/mol. The van der Waals surface area contributed by atoms with Gasteiger partial charge in [-0.3, -0.25) is 4.79 Å². The Kier molecular flexibility index (Phi) is 10.4. The van der Waals surface area contributed by atoms with E-state index in [0.717, 1.165) is 6.07 Å². The number of aliphatic hydroxyl groups excluding tert-OH is 5. The molecule has 0 radical (unpaired) electrons. The molecule has 11 atom stereocenters. The molecule has 3 aliphatic rings. The van der Waals surface area contributed by atoms with Crippen molar-refractivity contribution in [2.75, 3.05) is 6.79 Å². The van der Waals surface area contributed by atoms with Gasteiger partial charge in [-0.25, -0.2) is 4.39 Å². The summed E-state index contributed by atoms with van der Waals surface area (Å²) in [6.07, 6.45) is -8.40. The first kappa shape index (κ1) is 33.2. The van der Waals surface area contributed by atoms with Crippen molar-refractivity contribution >= 4 is 29.8 Å². The monoisotopic (exact) mass is 651 g/mol. The maximum Gasteiger partial charge on any atom is 0.247 e. The second-order valence-corrected chi connectivity index (χ2v) is 11.5. The van der Waals surface area contributed by atoms with Gasteiger partial charge in [-0.2, -0.15) is 5.10 Å². The lowest BCUT2D eigenvalue weighted by Crippen LogP contribution is -2.67. The summed E-state index contributed by atoms with van der Waals surface area (Å²) < 4.78 is 36.7. The normalized spacial score (nSPS) is 34.0. The Morgan fingerprint density at radius 1 is 1.04 bits per heavy atom. The van der Waals surface area contributed by atoms with Crippen molar-refractivity contribution in [2.45, 2.75) is 81.1 Å². The van der Waals surface area contributed by atoms with Gasteiger partial charge < -0.3 is 55.2 Å². The first-order valence-corrected chi connectivity index (χ1v) is 14.6. The molecule has 244 valence electrons. The van der Waals surface area contributed by atoms with Crippen LogP contribution >= 0.6 is 11.6 Å². The molecule has 0 bridgehead atoms. The molecule has 2 heterocycles. The number of amides is 1. The molecule has 1 unspecified atom stereocenters. The standard InChI is InChI=1S/C30H35ClFN3O10/c1-13(29(41)34-20-21(36)23(38)28-27(22(20)37)42-12-43-28)9-15-7-8-19(18(32)10-15)44-30-25(40)24(39)26(45-30)14(2)35-33-11-16-5-3-4-6-17(16)31/h3-11,14,20-28,30,35-40H,12H2,1-2H3,(H,34,41)/t14?,20-,21+,22-,23-,24+,25+,26-,27+,28-,30-/m1/s1. The summed E-state index contributed by atoms with van der Waals surface area (Å²) in [5.74, 6) is -1.77. The zero-order chi connectivity index (χ0) is 32.4. The number of hydrogen-bond acceptors (Lipinski definition) is 12. The molecule has 1 aliphatic carbocycles. The first-order valence-electron chi connectivity index (χ1n) is 14.2. The number of aliphatic hydroxyl groups is 5. The number of carbonyl (C=O) groups is 1. The molecule has 7 N–H and O–H groups in total. The molecule has 13 nitrogen and oxygen atoms in total. The van der Waals surface area contributed by atoms with E-state index < -0.39 is 78.9 Å². The van der Waals surface area contributed by atoms with Gasteiger partial charge in [0.25, 0.3) is 0 Å². The molecule has 1 amide bonds. The van der Waals surface area contributed by atoms with Gasteiger partial charge in [0.2, 0.25) is 12.2 Å². The largest absolute Gasteiger partial charge is 0.459 e. The van der Waals surface area contributed by atoms with Crippen molar-refractivity contribution in [3.63, 3.8) is 0 Å². The fourth-order valence-corrected chi connectivity index (χ4v) is 5.61. The van der Waals surface area contributed by atoms with Gasteiger partial charge in [0.05, 0.1) is 18.3 Å². The van der Waals surface area contributed by atoms with Crippen LogP contribution in [-0.2, 0) is 19.0 Å². The van der Waals surface area contributed by atoms with E-state index in [1.165, 1.54) is 31.3 Å². The molecule has 0 aromatic heterocycles. The summed E-state index contributed by atoms with van der Waals surface area (Å²) >= 11 is 6.11. The van der Waals surface area contributed by atoms with Gasteiger partial charge >= 0.3 is 0 Å². The summed E-state index contributed by atoms with van der Waals surface area (Å²) in [6.45, 7) is 2.97. The van der Waals surface area contributed by atoms with E-state index >= 15 is 4.39 Å². The van der Waals surface area contributed by atoms with Crippen LogP contribution in [0.1, 0.15) is 25.0 Å². The minimum atomic E-state index is -1.51. The smallest absolute Gasteiger partial charge is 0.247 e. The number of nitrogens with zero attached hydrogens (tertiary/aromatic N) is 1. The van der Waals surface area contributed by atoms with E-state index in [4.69, 9.17) is 30.5 Å². The lowest BCUT2D eigenvalue weighted by molar-refractivity contribution is -0.155. The Bertz CT molecular complexity index is 1430. The van der Waals surface area contributed by atoms with Gasteiger partial charge in [-0.15, -0.1) is 0 Å². The van der Waals surface area contributed by atoms with Crippen LogP contribution in [0.4, 0.5) is 4.39 Å². The quantitative estimate of drug-likeness (QED) is 0.110. The van der Waals surface area contributed by atoms with Crippen molar-refractivity contribution in [3.8, 4) is 5.75 Å². The van der Waals surface area contributed by atoms with Crippen molar-refractivity contribution in [3.05, 3.63) is 70.0 Å². The Balaban J connectivity index is 1.18. The van der Waals surface area contributed by atoms with E-state index in [1.807, 2.05) is 0 Å². The van der Waals surface area contributed by atoms with Crippen LogP contribution < -0.4 is 15.5 Å². The number of fused-ring (bicyclic) bond motifs is 1. The predicted octanol–water partition coefficient (Wildman–Crippen LogP) is 0.0427. The molecule has 15 heteroatoms. The van der Waals surface area contributed by atoms with Gasteiger partial charge in [-0.1, -0.05) is 35.9 Å². The SMILES string of the molecule is CC(=Cc1ccc(O[C@@H]2O[C@H](C(C)NN=Cc3ccccc3Cl)[C@@H](O)[C@@H]2O)c(F)c1)C(=O)N[C@@H]1[C@H](O)[C@@H](O)[C@H]2OCO[C@H]2[C@@H]1O. The highest BCUT2D eigenvalue weighted by Crippen LogP contribution is 2.31. The van der Waals surface area contributed by atoms with Crippen molar-refractivity contribution in [2.24, 2.45) is 5.10 Å². The number of benzene rings is 2. The molecule has 1 saturated carbocycles. The van der Waals surface area contributed by atoms with E-state index in [2.05, 4.69) is 15.8 Å². The van der Waals surface area contributed by atoms with Crippen LogP contribution in [0.5, 0.6) is 5.75 Å². The Morgan fingerprint density at radius 3 is 2.47 bits per heavy atom. The number of ether oxygens (including phenoxy) is 4. The number of hydrogen-bond donors (Lipinski definition) is 7. The summed E-state index contributed by atoms with van der Waals surface area (Å²) in [7, 11) is 0. The molecule has 2 aromatic rings. The Morgan fingerprint density at radius 2 is 1.76 bits per heavy atom. The fourth-order valence-electron chi connectivity index (χ4n) is 5.42. The third kappa shape index (κ3) is 7.14. The van der Waals surface area contributed by atoms with Crippen molar-refractivity contribution in [1.82, 2.24) is 10.7 Å². The van der Waals surface area contributed by atoms with Crippen LogP contribution in [0.2, 0.25) is 5.02 Å². The number of rotatable bonds is 9. The number of carbonyl (C=O) groups excluding carboxylic acids is 1. The van der Waals surface area contributed by atoms with Gasteiger partial charge in [-0.05, 0) is 43.7 Å². The topological polar surface area (TPSA) is 192 Å². The van der Waals surface area contributed by atoms with E-state index in [-0.39, 0.29) is 23.7 Å². The van der Waals surface area contributed by atoms with Crippen LogP contribution in [0.3, 0.4) is 0 Å². The Labute approximate surface area is 262 Å². The zero-order valence-electron chi connectivity index (χ0n) is 24.2. The highest BCUT2D eigenvalue weighted by atomic mass is 35.5. The average Bonchev–Trinajstić information content (AvgIpc) is 3.62. The molecule has 0 spiro atoms. The van der Waals surface area contributed by atoms with E-state index in [9.17, 15) is 30.3 Å². The maximum atomic E-state index is 15.0. The number of nitrogens with one attached hydrogen (secondary N) is 2. The fraction of sp³-hybridized carbons (Fsp3) is 0.467. The van der Waals surface area contributed by atoms with Crippen LogP contribution in [0, 0.1) is 5.82 Å². The molecular weight excluding hydrogens is 617 g/mol. The van der Waals surface area contributed by atoms with E-state index in [0.29, 0.717) is 10.6 Å². The molecule has 2 aromatic carbocycles. The Hall–Kier alpha value is -3.18. The second kappa shape index (κ2) is 14.1. The van der Waals surface area contributed by atoms with Gasteiger partial charge in [0.1, 0.15) is 55.6 Å². The maximum absolute atomic E-state index is 15.0. The third-order valence-electron chi connectivity index (χ3n) is 7.98. The lowest BCUT2D eigenvalue weighted by atomic mass is 9.83. The lowest BCUT2D eigenvalue weighted by Gasteiger charge is -2.41. The van der Waals surface area contributed by atoms with Crippen molar-refractivity contribution in [1.29, 1.82) is 0 Å². The van der Waals surface area contributed by atoms with Crippen molar-refractivity contribution < 1.29 is 53.7 Å². The molecule has 3 fully saturated rings. The molecule has 45 heavy (non-hydrogen) atoms. The molecule has 2 saturated heterocycles. The van der Waals surface area contributed by atoms with Gasteiger partial charge in [0, 0.05) is 16.2 Å². The van der Waals surface area contributed by atoms with Crippen LogP contribution in [0.25, 0.3) is 6.08 Å². The summed E-state index contributed by atoms with van der Waals surface area (Å²) in [5, 5.41) is 59.5. The van der Waals surface area contributed by atoms with Gasteiger partial charge in [0.15, 0.2) is 11.6 Å². The minimum Gasteiger partial charge on any atom is -0.459 e. The molecular formula is C30H35ClFN3O10. The first-order chi connectivity index (χ1) is 21.5. The highest BCUT2D eigenvalue weighted by molar-refractivity contribution is 6.33. The summed E-state index contributed by atoms with van der Waals surface area (Å²) in [5.41, 5.74) is 3.89. The van der Waals surface area contributed by atoms with Crippen LogP contribution in [-0.4, -0.2) is 112 Å². The number of halogens is 2. The highest BCUT2D eigenvalue weighted by Gasteiger charge is 2.53. The van der Waals surface area contributed by atoms with E-state index in [1.54, 1.807) is 31.2 Å².